The molecule has 1 amide bonds. The molecule has 7 nitrogen and oxygen atoms in total. The summed E-state index contributed by atoms with van der Waals surface area (Å²) in [7, 11) is 0. The van der Waals surface area contributed by atoms with Crippen LogP contribution in [0.1, 0.15) is 47.6 Å². The Hall–Kier alpha value is -3.43. The summed E-state index contributed by atoms with van der Waals surface area (Å²) in [5.74, 6) is 0.0806. The highest BCUT2D eigenvalue weighted by atomic mass is 19.4. The van der Waals surface area contributed by atoms with Crippen LogP contribution in [0, 0.1) is 0 Å². The summed E-state index contributed by atoms with van der Waals surface area (Å²) in [5, 5.41) is 7.44. The number of ether oxygens (including phenoxy) is 1. The zero-order chi connectivity index (χ0) is 22.0. The van der Waals surface area contributed by atoms with E-state index in [2.05, 4.69) is 20.4 Å². The number of aryl methyl sites for hydroxylation is 1. The van der Waals surface area contributed by atoms with E-state index in [9.17, 15) is 18.0 Å². The predicted molar refractivity (Wildman–Crippen MR) is 105 cm³/mol. The minimum Gasteiger partial charge on any atom is -0.478 e. The number of rotatable bonds is 5. The molecule has 1 aliphatic heterocycles. The maximum absolute atomic E-state index is 13.0. The lowest BCUT2D eigenvalue weighted by Gasteiger charge is -2.24. The number of carbonyl (C=O) groups is 1. The lowest BCUT2D eigenvalue weighted by atomic mass is 10.0. The molecule has 0 radical (unpaired) electrons. The van der Waals surface area contributed by atoms with Gasteiger partial charge in [-0.15, -0.1) is 0 Å². The van der Waals surface area contributed by atoms with Crippen molar-refractivity contribution in [2.24, 2.45) is 0 Å². The standard InChI is InChI=1S/C21H20F3N5O2/c1-2-31-19-11-14(6-8-26-19)20(30)27-15-4-3-9-29-17(15)12-16(28-29)13-5-7-25-18(10-13)21(22,23)24/h5-8,10-12,15H,2-4,9H2,1H3,(H,27,30)/t15-/m0/s1. The van der Waals surface area contributed by atoms with Crippen LogP contribution in [0.4, 0.5) is 13.2 Å². The van der Waals surface area contributed by atoms with Crippen LogP contribution >= 0.6 is 0 Å². The maximum Gasteiger partial charge on any atom is 0.433 e. The molecule has 0 fully saturated rings. The zero-order valence-corrected chi connectivity index (χ0v) is 16.7. The number of hydrogen-bond donors (Lipinski definition) is 1. The van der Waals surface area contributed by atoms with Crippen molar-refractivity contribution in [2.75, 3.05) is 6.61 Å². The van der Waals surface area contributed by atoms with Crippen molar-refractivity contribution in [3.63, 3.8) is 0 Å². The van der Waals surface area contributed by atoms with Crippen molar-refractivity contribution in [1.82, 2.24) is 25.1 Å². The molecule has 3 aromatic heterocycles. The summed E-state index contributed by atoms with van der Waals surface area (Å²) >= 11 is 0. The number of pyridine rings is 2. The molecule has 1 N–H and O–H groups in total. The van der Waals surface area contributed by atoms with Crippen molar-refractivity contribution in [3.8, 4) is 17.1 Å². The van der Waals surface area contributed by atoms with E-state index in [4.69, 9.17) is 4.74 Å². The fourth-order valence-electron chi connectivity index (χ4n) is 3.54. The summed E-state index contributed by atoms with van der Waals surface area (Å²) < 4.78 is 46.1. The predicted octanol–water partition coefficient (Wildman–Crippen LogP) is 4.02. The number of hydrogen-bond acceptors (Lipinski definition) is 5. The molecule has 4 heterocycles. The normalized spacial score (nSPS) is 15.9. The maximum atomic E-state index is 13.0. The van der Waals surface area contributed by atoms with Crippen molar-refractivity contribution in [2.45, 2.75) is 38.5 Å². The third-order valence-electron chi connectivity index (χ3n) is 4.97. The van der Waals surface area contributed by atoms with E-state index in [1.54, 1.807) is 22.9 Å². The molecule has 0 unspecified atom stereocenters. The second kappa shape index (κ2) is 8.37. The fourth-order valence-corrected chi connectivity index (χ4v) is 3.54. The highest BCUT2D eigenvalue weighted by molar-refractivity contribution is 5.94. The number of nitrogens with zero attached hydrogens (tertiary/aromatic N) is 4. The van der Waals surface area contributed by atoms with Crippen LogP contribution in [-0.2, 0) is 12.7 Å². The summed E-state index contributed by atoms with van der Waals surface area (Å²) in [5.41, 5.74) is 0.929. The summed E-state index contributed by atoms with van der Waals surface area (Å²) in [4.78, 5) is 20.2. The van der Waals surface area contributed by atoms with E-state index in [0.29, 0.717) is 42.3 Å². The molecule has 4 rings (SSSR count). The Morgan fingerprint density at radius 1 is 1.23 bits per heavy atom. The Kier molecular flexibility index (Phi) is 5.62. The van der Waals surface area contributed by atoms with Gasteiger partial charge in [0.2, 0.25) is 5.88 Å². The van der Waals surface area contributed by atoms with Gasteiger partial charge in [0.05, 0.1) is 24.0 Å². The minimum atomic E-state index is -4.53. The van der Waals surface area contributed by atoms with Crippen LogP contribution in [0.15, 0.2) is 42.7 Å². The Labute approximate surface area is 176 Å². The minimum absolute atomic E-state index is 0.284. The first-order valence-corrected chi connectivity index (χ1v) is 9.86. The van der Waals surface area contributed by atoms with Crippen LogP contribution in [-0.4, -0.2) is 32.3 Å². The van der Waals surface area contributed by atoms with Gasteiger partial charge in [-0.25, -0.2) is 4.98 Å². The molecule has 0 aromatic carbocycles. The molecule has 3 aromatic rings. The Balaban J connectivity index is 1.57. The van der Waals surface area contributed by atoms with E-state index in [-0.39, 0.29) is 11.9 Å². The first kappa shape index (κ1) is 20.8. The third kappa shape index (κ3) is 4.52. The molecule has 1 atom stereocenters. The zero-order valence-electron chi connectivity index (χ0n) is 16.7. The molecular weight excluding hydrogens is 411 g/mol. The van der Waals surface area contributed by atoms with Crippen LogP contribution in [0.5, 0.6) is 5.88 Å². The van der Waals surface area contributed by atoms with Gasteiger partial charge < -0.3 is 10.1 Å². The molecule has 10 heteroatoms. The number of carbonyl (C=O) groups excluding carboxylic acids is 1. The second-order valence-electron chi connectivity index (χ2n) is 7.09. The van der Waals surface area contributed by atoms with E-state index in [1.807, 2.05) is 6.92 Å². The van der Waals surface area contributed by atoms with Gasteiger partial charge in [0.1, 0.15) is 5.69 Å². The number of aromatic nitrogens is 4. The quantitative estimate of drug-likeness (QED) is 0.660. The van der Waals surface area contributed by atoms with Crippen molar-refractivity contribution in [1.29, 1.82) is 0 Å². The number of amides is 1. The molecule has 162 valence electrons. The lowest BCUT2D eigenvalue weighted by Crippen LogP contribution is -2.32. The lowest BCUT2D eigenvalue weighted by molar-refractivity contribution is -0.141. The van der Waals surface area contributed by atoms with Crippen LogP contribution in [0.2, 0.25) is 0 Å². The number of alkyl halides is 3. The number of nitrogens with one attached hydrogen (secondary N) is 1. The van der Waals surface area contributed by atoms with Crippen molar-refractivity contribution < 1.29 is 22.7 Å². The van der Waals surface area contributed by atoms with E-state index < -0.39 is 11.9 Å². The van der Waals surface area contributed by atoms with Crippen molar-refractivity contribution in [3.05, 3.63) is 59.7 Å². The molecule has 1 aliphatic rings. The van der Waals surface area contributed by atoms with Gasteiger partial charge in [0, 0.05) is 36.1 Å². The molecular formula is C21H20F3N5O2. The fraction of sp³-hybridized carbons (Fsp3) is 0.333. The smallest absolute Gasteiger partial charge is 0.433 e. The van der Waals surface area contributed by atoms with Gasteiger partial charge in [-0.2, -0.15) is 18.3 Å². The Bertz CT molecular complexity index is 1100. The van der Waals surface area contributed by atoms with E-state index >= 15 is 0 Å². The van der Waals surface area contributed by atoms with E-state index in [0.717, 1.165) is 24.4 Å². The first-order valence-electron chi connectivity index (χ1n) is 9.86. The Morgan fingerprint density at radius 3 is 2.81 bits per heavy atom. The highest BCUT2D eigenvalue weighted by Crippen LogP contribution is 2.32. The molecule has 0 saturated heterocycles. The van der Waals surface area contributed by atoms with Crippen molar-refractivity contribution >= 4 is 5.91 Å². The summed E-state index contributed by atoms with van der Waals surface area (Å²) in [6.07, 6.45) is -0.426. The first-order chi connectivity index (χ1) is 14.8. The monoisotopic (exact) mass is 431 g/mol. The van der Waals surface area contributed by atoms with E-state index in [1.165, 1.54) is 12.3 Å². The number of halogens is 3. The average molecular weight is 431 g/mol. The van der Waals surface area contributed by atoms with Gasteiger partial charge >= 0.3 is 6.18 Å². The Morgan fingerprint density at radius 2 is 2.03 bits per heavy atom. The molecule has 0 bridgehead atoms. The summed E-state index contributed by atoms with van der Waals surface area (Å²) in [6, 6.07) is 7.05. The molecule has 31 heavy (non-hydrogen) atoms. The van der Waals surface area contributed by atoms with Gasteiger partial charge in [0.25, 0.3) is 5.91 Å². The van der Waals surface area contributed by atoms with Gasteiger partial charge in [0.15, 0.2) is 0 Å². The summed E-state index contributed by atoms with van der Waals surface area (Å²) in [6.45, 7) is 2.89. The van der Waals surface area contributed by atoms with Gasteiger partial charge in [-0.1, -0.05) is 0 Å². The largest absolute Gasteiger partial charge is 0.478 e. The van der Waals surface area contributed by atoms with Gasteiger partial charge in [-0.05, 0) is 44.0 Å². The SMILES string of the molecule is CCOc1cc(C(=O)N[C@H]2CCCn3nc(-c4ccnc(C(F)(F)F)c4)cc32)ccn1. The molecule has 0 saturated carbocycles. The van der Waals surface area contributed by atoms with Gasteiger partial charge in [-0.3, -0.25) is 14.5 Å². The molecule has 0 aliphatic carbocycles. The van der Waals surface area contributed by atoms with Crippen LogP contribution in [0.3, 0.4) is 0 Å². The molecule has 0 spiro atoms. The number of fused-ring (bicyclic) bond motifs is 1. The average Bonchev–Trinajstić information content (AvgIpc) is 3.19. The topological polar surface area (TPSA) is 81.9 Å². The second-order valence-corrected chi connectivity index (χ2v) is 7.09. The third-order valence-corrected chi connectivity index (χ3v) is 4.97. The van der Waals surface area contributed by atoms with Crippen LogP contribution in [0.25, 0.3) is 11.3 Å². The highest BCUT2D eigenvalue weighted by Gasteiger charge is 2.33. The van der Waals surface area contributed by atoms with Crippen LogP contribution < -0.4 is 10.1 Å².